The summed E-state index contributed by atoms with van der Waals surface area (Å²) in [7, 11) is 0. The maximum Gasteiger partial charge on any atom is 0.0148 e. The van der Waals surface area contributed by atoms with E-state index in [2.05, 4.69) is 47.6 Å². The molecule has 0 bridgehead atoms. The first-order valence-electron chi connectivity index (χ1n) is 5.73. The third-order valence-corrected chi connectivity index (χ3v) is 3.94. The van der Waals surface area contributed by atoms with Gasteiger partial charge in [-0.3, -0.25) is 0 Å². The first kappa shape index (κ1) is 12.1. The van der Waals surface area contributed by atoms with Gasteiger partial charge < -0.3 is 0 Å². The van der Waals surface area contributed by atoms with Crippen molar-refractivity contribution >= 4 is 18.0 Å². The summed E-state index contributed by atoms with van der Waals surface area (Å²) in [6.45, 7) is 4.53. The molecule has 2 atom stereocenters. The van der Waals surface area contributed by atoms with Crippen LogP contribution in [0.3, 0.4) is 0 Å². The van der Waals surface area contributed by atoms with Gasteiger partial charge in [0.05, 0.1) is 0 Å². The van der Waals surface area contributed by atoms with Gasteiger partial charge in [0.25, 0.3) is 0 Å². The van der Waals surface area contributed by atoms with E-state index in [0.717, 1.165) is 11.3 Å². The zero-order chi connectivity index (χ0) is 12.3. The van der Waals surface area contributed by atoms with E-state index >= 15 is 0 Å². The number of hydrogen-bond donors (Lipinski definition) is 0. The van der Waals surface area contributed by atoms with Crippen molar-refractivity contribution < 1.29 is 0 Å². The van der Waals surface area contributed by atoms with Crippen LogP contribution in [0.1, 0.15) is 25.0 Å². The molecule has 0 aliphatic heterocycles. The molecular weight excluding hydrogens is 230 g/mol. The fourth-order valence-electron chi connectivity index (χ4n) is 2.02. The Hall–Kier alpha value is -1.38. The van der Waals surface area contributed by atoms with Gasteiger partial charge in [-0.15, -0.1) is 0 Å². The molecule has 2 rings (SSSR count). The van der Waals surface area contributed by atoms with Crippen LogP contribution in [0.25, 0.3) is 16.5 Å². The molecule has 0 aromatic heterocycles. The summed E-state index contributed by atoms with van der Waals surface area (Å²) in [5.41, 5.74) is 10.9. The van der Waals surface area contributed by atoms with E-state index in [4.69, 9.17) is 5.53 Å². The van der Waals surface area contributed by atoms with Crippen molar-refractivity contribution in [1.29, 1.82) is 0 Å². The van der Waals surface area contributed by atoms with Gasteiger partial charge in [0.2, 0.25) is 0 Å². The molecule has 0 heterocycles. The van der Waals surface area contributed by atoms with E-state index in [1.54, 1.807) is 0 Å². The van der Waals surface area contributed by atoms with Crippen LogP contribution < -0.4 is 0 Å². The van der Waals surface area contributed by atoms with Crippen LogP contribution in [-0.4, -0.2) is 0 Å². The minimum absolute atomic E-state index is 0.607. The molecule has 88 valence electrons. The van der Waals surface area contributed by atoms with Crippen LogP contribution in [0, 0.1) is 11.8 Å². The molecule has 1 aliphatic carbocycles. The smallest absolute Gasteiger partial charge is 0.0148 e. The number of rotatable bonds is 2. The Balaban J connectivity index is 2.31. The second-order valence-electron chi connectivity index (χ2n) is 4.52. The molecule has 0 fully saturated rings. The summed E-state index contributed by atoms with van der Waals surface area (Å²) in [6.07, 6.45) is 5.55. The Morgan fingerprint density at radius 3 is 3.00 bits per heavy atom. The van der Waals surface area contributed by atoms with Crippen molar-refractivity contribution in [1.82, 2.24) is 0 Å². The van der Waals surface area contributed by atoms with E-state index in [1.807, 2.05) is 6.07 Å². The Morgan fingerprint density at radius 2 is 2.24 bits per heavy atom. The van der Waals surface area contributed by atoms with Crippen molar-refractivity contribution in [3.63, 3.8) is 0 Å². The molecule has 2 unspecified atom stereocenters. The number of azide groups is 1. The summed E-state index contributed by atoms with van der Waals surface area (Å²) in [5, 5.41) is 0. The highest BCUT2D eigenvalue weighted by Gasteiger charge is 2.15. The molecule has 0 amide bonds. The maximum atomic E-state index is 8.31. The fourth-order valence-corrected chi connectivity index (χ4v) is 2.48. The highest BCUT2D eigenvalue weighted by Crippen LogP contribution is 2.30. The van der Waals surface area contributed by atoms with Gasteiger partial charge in [0, 0.05) is 9.81 Å². The van der Waals surface area contributed by atoms with Crippen LogP contribution in [0.5, 0.6) is 0 Å². The zero-order valence-corrected chi connectivity index (χ0v) is 10.8. The third-order valence-electron chi connectivity index (χ3n) is 3.32. The molecular formula is C13H15N3S. The zero-order valence-electron chi connectivity index (χ0n) is 10.00. The minimum Gasteiger partial charge on any atom is -0.0808 e. The van der Waals surface area contributed by atoms with Gasteiger partial charge in [-0.1, -0.05) is 32.1 Å². The van der Waals surface area contributed by atoms with E-state index < -0.39 is 0 Å². The molecule has 0 saturated heterocycles. The van der Waals surface area contributed by atoms with Crippen molar-refractivity contribution in [2.24, 2.45) is 16.4 Å². The van der Waals surface area contributed by atoms with Gasteiger partial charge >= 0.3 is 0 Å². The van der Waals surface area contributed by atoms with Gasteiger partial charge in [-0.2, -0.15) is 0 Å². The minimum atomic E-state index is 0.607. The van der Waals surface area contributed by atoms with Crippen molar-refractivity contribution in [2.45, 2.75) is 25.2 Å². The second-order valence-corrected chi connectivity index (χ2v) is 5.34. The number of allylic oxidation sites excluding steroid dienone is 1. The lowest BCUT2D eigenvalue weighted by molar-refractivity contribution is 0.462. The number of nitrogens with zero attached hydrogens (tertiary/aromatic N) is 3. The highest BCUT2D eigenvalue weighted by atomic mass is 32.2. The van der Waals surface area contributed by atoms with Crippen LogP contribution in [0.2, 0.25) is 0 Å². The Morgan fingerprint density at radius 1 is 1.41 bits per heavy atom. The topological polar surface area (TPSA) is 48.8 Å². The predicted octanol–water partition coefficient (Wildman–Crippen LogP) is 4.85. The number of fused-ring (bicyclic) bond motifs is 1. The lowest BCUT2D eigenvalue weighted by Crippen LogP contribution is -2.07. The molecule has 1 aliphatic rings. The Labute approximate surface area is 106 Å². The molecule has 4 heteroatoms. The average molecular weight is 245 g/mol. The lowest BCUT2D eigenvalue weighted by Gasteiger charge is -2.14. The van der Waals surface area contributed by atoms with E-state index in [-0.39, 0.29) is 0 Å². The normalized spacial score (nSPS) is 22.5. The van der Waals surface area contributed by atoms with Gasteiger partial charge in [0.15, 0.2) is 0 Å². The predicted molar refractivity (Wildman–Crippen MR) is 72.5 cm³/mol. The molecule has 1 aromatic carbocycles. The van der Waals surface area contributed by atoms with Crippen molar-refractivity contribution in [2.75, 3.05) is 0 Å². The monoisotopic (exact) mass is 245 g/mol. The second kappa shape index (κ2) is 5.30. The number of hydrogen-bond acceptors (Lipinski definition) is 2. The molecule has 0 saturated carbocycles. The largest absolute Gasteiger partial charge is 0.0808 e. The summed E-state index contributed by atoms with van der Waals surface area (Å²) >= 11 is 1.19. The molecule has 0 radical (unpaired) electrons. The summed E-state index contributed by atoms with van der Waals surface area (Å²) < 4.78 is 3.53. The van der Waals surface area contributed by atoms with Crippen molar-refractivity contribution in [3.05, 3.63) is 45.8 Å². The summed E-state index contributed by atoms with van der Waals surface area (Å²) in [6, 6.07) is 6.24. The number of benzene rings is 1. The SMILES string of the molecule is CC1C=Cc2ccc(SN=[N+]=[N-])cc2CC1C. The Bertz CT molecular complexity index is 489. The van der Waals surface area contributed by atoms with Crippen LogP contribution in [-0.2, 0) is 6.42 Å². The summed E-state index contributed by atoms with van der Waals surface area (Å²) in [4.78, 5) is 3.77. The summed E-state index contributed by atoms with van der Waals surface area (Å²) in [5.74, 6) is 1.25. The average Bonchev–Trinajstić information content (AvgIpc) is 2.47. The van der Waals surface area contributed by atoms with Gasteiger partial charge in [-0.05, 0) is 63.5 Å². The molecule has 17 heavy (non-hydrogen) atoms. The molecule has 0 N–H and O–H groups in total. The fraction of sp³-hybridized carbons (Fsp3) is 0.385. The molecule has 0 spiro atoms. The molecule has 3 nitrogen and oxygen atoms in total. The van der Waals surface area contributed by atoms with Gasteiger partial charge in [0.1, 0.15) is 0 Å². The van der Waals surface area contributed by atoms with Crippen LogP contribution >= 0.6 is 11.9 Å². The highest BCUT2D eigenvalue weighted by molar-refractivity contribution is 7.98. The van der Waals surface area contributed by atoms with E-state index in [0.29, 0.717) is 11.8 Å². The van der Waals surface area contributed by atoms with Gasteiger partial charge in [-0.25, -0.2) is 0 Å². The first-order chi connectivity index (χ1) is 8.20. The van der Waals surface area contributed by atoms with Crippen LogP contribution in [0.4, 0.5) is 0 Å². The first-order valence-corrected chi connectivity index (χ1v) is 6.50. The van der Waals surface area contributed by atoms with E-state index in [1.165, 1.54) is 23.1 Å². The standard InChI is InChI=1S/C13H15N3S/c1-9-3-4-11-5-6-13(17-16-15-14)8-12(11)7-10(9)2/h3-6,8-10H,7H2,1-2H3. The quantitative estimate of drug-likeness (QED) is 0.318. The van der Waals surface area contributed by atoms with E-state index in [9.17, 15) is 0 Å². The molecule has 1 aromatic rings. The van der Waals surface area contributed by atoms with Crippen LogP contribution in [0.15, 0.2) is 33.7 Å². The maximum absolute atomic E-state index is 8.31. The van der Waals surface area contributed by atoms with Crippen molar-refractivity contribution in [3.8, 4) is 0 Å². The third kappa shape index (κ3) is 2.84. The Kier molecular flexibility index (Phi) is 3.77. The lowest BCUT2D eigenvalue weighted by atomic mass is 9.91.